The Morgan fingerprint density at radius 1 is 0.433 bits per heavy atom. The molecule has 9 fully saturated rings. The van der Waals surface area contributed by atoms with Crippen molar-refractivity contribution in [2.24, 2.45) is 71.0 Å². The summed E-state index contributed by atoms with van der Waals surface area (Å²) in [6, 6.07) is 37.2. The van der Waals surface area contributed by atoms with Crippen LogP contribution in [0.3, 0.4) is 0 Å². The number of fused-ring (bicyclic) bond motifs is 6. The lowest BCUT2D eigenvalue weighted by Gasteiger charge is -2.45. The van der Waals surface area contributed by atoms with Crippen molar-refractivity contribution in [3.8, 4) is 45.5 Å². The molecule has 0 N–H and O–H groups in total. The highest BCUT2D eigenvalue weighted by Gasteiger charge is 2.52. The molecular formula is C77H77Cl2N5O6. The number of allylic oxidation sites excluding steroid dienone is 3. The highest BCUT2D eigenvalue weighted by Crippen LogP contribution is 2.54. The zero-order chi connectivity index (χ0) is 61.7. The minimum absolute atomic E-state index is 0.0240. The molecule has 0 spiro atoms. The molecule has 3 aliphatic heterocycles. The molecule has 3 aromatic heterocycles. The summed E-state index contributed by atoms with van der Waals surface area (Å²) in [5.74, 6) is 6.09. The third-order valence-corrected chi connectivity index (χ3v) is 22.3. The number of nitriles is 2. The van der Waals surface area contributed by atoms with E-state index in [4.69, 9.17) is 42.7 Å². The number of hydrogen-bond donors (Lipinski definition) is 0. The summed E-state index contributed by atoms with van der Waals surface area (Å²) in [7, 11) is 0. The Labute approximate surface area is 539 Å². The first kappa shape index (κ1) is 61.2. The third kappa shape index (κ3) is 13.7. The fourth-order valence-corrected chi connectivity index (χ4v) is 17.9. The number of rotatable bonds is 9. The van der Waals surface area contributed by atoms with Gasteiger partial charge < -0.3 is 14.2 Å². The Balaban J connectivity index is 0.000000124. The van der Waals surface area contributed by atoms with Gasteiger partial charge in [-0.3, -0.25) is 29.3 Å². The summed E-state index contributed by atoms with van der Waals surface area (Å²) < 4.78 is 17.0. The van der Waals surface area contributed by atoms with E-state index in [-0.39, 0.29) is 36.2 Å². The molecule has 15 atom stereocenters. The van der Waals surface area contributed by atoms with E-state index in [0.717, 1.165) is 69.7 Å². The van der Waals surface area contributed by atoms with Crippen LogP contribution in [0.15, 0.2) is 140 Å². The molecule has 0 radical (unpaired) electrons. The average molecular weight is 1240 g/mol. The topological polar surface area (TPSA) is 165 Å². The minimum atomic E-state index is -0.0271. The number of esters is 3. The third-order valence-electron chi connectivity index (χ3n) is 21.7. The molecule has 0 amide bonds. The van der Waals surface area contributed by atoms with E-state index < -0.39 is 0 Å². The molecule has 3 saturated heterocycles. The molecule has 6 heterocycles. The second kappa shape index (κ2) is 27.8. The Morgan fingerprint density at radius 3 is 1.32 bits per heavy atom. The minimum Gasteiger partial charge on any atom is -0.462 e. The number of benzene rings is 3. The van der Waals surface area contributed by atoms with Gasteiger partial charge in [0, 0.05) is 74.2 Å². The number of aromatic nitrogens is 3. The van der Waals surface area contributed by atoms with Gasteiger partial charge in [-0.15, -0.1) is 0 Å². The van der Waals surface area contributed by atoms with Crippen LogP contribution in [0.25, 0.3) is 51.6 Å². The molecule has 15 rings (SSSR count). The predicted octanol–water partition coefficient (Wildman–Crippen LogP) is 17.6. The molecule has 460 valence electrons. The SMILES string of the molecule is N#Cc1cccc(-c2ccc(/C=C/[C@H]3[C@@H]4CCCC[C@H]4C[C@@H]4OC(=O)C[C@H]34)nc2)c1.N#Cc1ccccc1-c1ccc(/C=C/[C@H]2[C@@H]3CCCC[C@H]3C[C@@H]3OC(=O)C[C@H]23)nc1.O=C1C[C@@H]2[C@@H](/C=C/c3ccc(-c4cc(Cl)ccc4Cl)cn3)[C@@H]3CCCC[C@H]3C[C@@H]2O1. The van der Waals surface area contributed by atoms with Gasteiger partial charge in [0.2, 0.25) is 0 Å². The number of ether oxygens (including phenoxy) is 3. The number of carbonyl (C=O) groups is 3. The fraction of sp³-hybridized carbons (Fsp3) is 0.429. The molecule has 0 bridgehead atoms. The Hall–Kier alpha value is -7.70. The van der Waals surface area contributed by atoms with Crippen molar-refractivity contribution >= 4 is 59.3 Å². The van der Waals surface area contributed by atoms with E-state index in [1.54, 1.807) is 12.1 Å². The lowest BCUT2D eigenvalue weighted by molar-refractivity contribution is -0.144. The standard InChI is InChI=1S/2C26H26N2O2.C25H25Cl2NO2/c27-15-18-6-2-3-7-21(18)19-9-10-20(28-16-19)11-12-23-22-8-4-1-5-17(22)13-25-24(23)14-26(29)30-25;27-15-17-4-3-6-18(12-17)20-8-9-21(28-16-20)10-11-23-22-7-2-1-5-19(22)13-25-24(23)14-26(29)30-25;26-17-6-10-23(27)21(12-17)16-5-7-18(28-14-16)8-9-20-19-4-2-1-3-15(19)11-24-22(20)13-25(29)30-24/h2-3,6-7,9-12,16-17,22-25H,1,4-5,8,13-14H2;3-4,6,8-12,16,19,22-25H,1-2,5,7,13-14H2;5-10,12,14-15,19-20,22,24H,1-4,11,13H2/b12-11+;11-10+;9-8+/t17-,22+,23-,24+,25-;19-,22+,23-,24+,25-;15-,19+,20-,22+,24-/m000/s1. The van der Waals surface area contributed by atoms with Crippen LogP contribution >= 0.6 is 23.2 Å². The number of carbonyl (C=O) groups excluding carboxylic acids is 3. The van der Waals surface area contributed by atoms with E-state index in [9.17, 15) is 19.6 Å². The van der Waals surface area contributed by atoms with Gasteiger partial charge in [-0.25, -0.2) is 0 Å². The van der Waals surface area contributed by atoms with Crippen molar-refractivity contribution in [3.63, 3.8) is 0 Å². The van der Waals surface area contributed by atoms with Crippen LogP contribution in [0.5, 0.6) is 0 Å². The lowest BCUT2D eigenvalue weighted by atomic mass is 9.60. The first-order valence-corrected chi connectivity index (χ1v) is 33.7. The van der Waals surface area contributed by atoms with Crippen molar-refractivity contribution in [2.45, 2.75) is 134 Å². The van der Waals surface area contributed by atoms with Crippen molar-refractivity contribution in [2.75, 3.05) is 0 Å². The second-order valence-electron chi connectivity index (χ2n) is 26.7. The van der Waals surface area contributed by atoms with Crippen LogP contribution in [-0.4, -0.2) is 51.2 Å². The van der Waals surface area contributed by atoms with E-state index in [1.165, 1.54) is 77.0 Å². The molecular weight excluding hydrogens is 1160 g/mol. The van der Waals surface area contributed by atoms with Gasteiger partial charge >= 0.3 is 17.9 Å². The summed E-state index contributed by atoms with van der Waals surface area (Å²) in [6.45, 7) is 0. The van der Waals surface area contributed by atoms with Crippen LogP contribution in [0, 0.1) is 93.7 Å². The lowest BCUT2D eigenvalue weighted by Crippen LogP contribution is -2.41. The van der Waals surface area contributed by atoms with E-state index in [1.807, 2.05) is 104 Å². The first-order valence-electron chi connectivity index (χ1n) is 33.0. The van der Waals surface area contributed by atoms with Gasteiger partial charge in [-0.05, 0) is 170 Å². The van der Waals surface area contributed by atoms with Crippen LogP contribution in [0.2, 0.25) is 10.0 Å². The predicted molar refractivity (Wildman–Crippen MR) is 350 cm³/mol. The van der Waals surface area contributed by atoms with Crippen LogP contribution in [0.4, 0.5) is 0 Å². The number of nitrogens with zero attached hydrogens (tertiary/aromatic N) is 5. The van der Waals surface area contributed by atoms with Gasteiger partial charge in [-0.1, -0.05) is 148 Å². The fourth-order valence-electron chi connectivity index (χ4n) is 17.5. The quantitative estimate of drug-likeness (QED) is 0.0999. The number of halogens is 2. The molecule has 9 aliphatic rings. The average Bonchev–Trinajstić information content (AvgIpc) is 2.09. The molecule has 6 saturated carbocycles. The highest BCUT2D eigenvalue weighted by atomic mass is 35.5. The van der Waals surface area contributed by atoms with E-state index in [0.29, 0.717) is 111 Å². The zero-order valence-corrected chi connectivity index (χ0v) is 52.4. The summed E-state index contributed by atoms with van der Waals surface area (Å²) in [5, 5.41) is 19.8. The largest absolute Gasteiger partial charge is 0.462 e. The zero-order valence-electron chi connectivity index (χ0n) is 50.8. The van der Waals surface area contributed by atoms with Crippen LogP contribution in [0.1, 0.15) is 144 Å². The summed E-state index contributed by atoms with van der Waals surface area (Å²) in [6.07, 6.45) is 39.3. The molecule has 3 aromatic carbocycles. The number of hydrogen-bond acceptors (Lipinski definition) is 11. The summed E-state index contributed by atoms with van der Waals surface area (Å²) in [5.41, 5.74) is 9.74. The smallest absolute Gasteiger partial charge is 0.306 e. The molecule has 0 unspecified atom stereocenters. The normalized spacial score (nSPS) is 30.5. The van der Waals surface area contributed by atoms with Crippen LogP contribution in [-0.2, 0) is 28.6 Å². The van der Waals surface area contributed by atoms with Crippen molar-refractivity contribution in [1.29, 1.82) is 10.5 Å². The van der Waals surface area contributed by atoms with E-state index >= 15 is 0 Å². The van der Waals surface area contributed by atoms with Crippen molar-refractivity contribution < 1.29 is 28.6 Å². The Bertz CT molecular complexity index is 3760. The molecule has 6 aromatic rings. The molecule has 6 aliphatic carbocycles. The van der Waals surface area contributed by atoms with Crippen molar-refractivity contribution in [1.82, 2.24) is 15.0 Å². The van der Waals surface area contributed by atoms with Gasteiger partial charge in [0.1, 0.15) is 18.3 Å². The van der Waals surface area contributed by atoms with E-state index in [2.05, 4.69) is 69.6 Å². The van der Waals surface area contributed by atoms with Gasteiger partial charge in [0.05, 0.1) is 59.6 Å². The summed E-state index contributed by atoms with van der Waals surface area (Å²) in [4.78, 5) is 49.8. The summed E-state index contributed by atoms with van der Waals surface area (Å²) >= 11 is 12.4. The first-order chi connectivity index (χ1) is 44.0. The molecule has 90 heavy (non-hydrogen) atoms. The highest BCUT2D eigenvalue weighted by molar-refractivity contribution is 6.35. The van der Waals surface area contributed by atoms with Gasteiger partial charge in [0.15, 0.2) is 0 Å². The van der Waals surface area contributed by atoms with Gasteiger partial charge in [-0.2, -0.15) is 10.5 Å². The maximum atomic E-state index is 12.0. The number of pyridine rings is 3. The molecule has 11 nitrogen and oxygen atoms in total. The Kier molecular flexibility index (Phi) is 18.9. The van der Waals surface area contributed by atoms with Crippen LogP contribution < -0.4 is 0 Å². The Morgan fingerprint density at radius 2 is 0.878 bits per heavy atom. The maximum Gasteiger partial charge on any atom is 0.306 e. The maximum absolute atomic E-state index is 12.0. The monoisotopic (exact) mass is 1240 g/mol. The van der Waals surface area contributed by atoms with Gasteiger partial charge in [0.25, 0.3) is 0 Å². The second-order valence-corrected chi connectivity index (χ2v) is 27.6. The molecule has 13 heteroatoms. The van der Waals surface area contributed by atoms with Crippen molar-refractivity contribution in [3.05, 3.63) is 178 Å².